The Labute approximate surface area is 94.9 Å². The summed E-state index contributed by atoms with van der Waals surface area (Å²) in [6.07, 6.45) is 2.61. The molecular formula is C11H17N3O2. The molecule has 0 aliphatic heterocycles. The van der Waals surface area contributed by atoms with Gasteiger partial charge in [0.25, 0.3) is 0 Å². The minimum absolute atomic E-state index is 0.0860. The SMILES string of the molecule is CCC(C)c1cc(NCCC(=O)O)ncn1. The molecule has 88 valence electrons. The molecule has 1 aromatic rings. The number of nitrogens with zero attached hydrogens (tertiary/aromatic N) is 2. The highest BCUT2D eigenvalue weighted by Gasteiger charge is 2.05. The molecule has 0 bridgehead atoms. The third-order valence-corrected chi connectivity index (χ3v) is 2.45. The van der Waals surface area contributed by atoms with Gasteiger partial charge < -0.3 is 10.4 Å². The zero-order valence-electron chi connectivity index (χ0n) is 9.60. The average molecular weight is 223 g/mol. The fourth-order valence-corrected chi connectivity index (χ4v) is 1.25. The van der Waals surface area contributed by atoms with Gasteiger partial charge in [-0.3, -0.25) is 4.79 Å². The Hall–Kier alpha value is -1.65. The van der Waals surface area contributed by atoms with Gasteiger partial charge in [0, 0.05) is 18.3 Å². The summed E-state index contributed by atoms with van der Waals surface area (Å²) in [7, 11) is 0. The van der Waals surface area contributed by atoms with E-state index in [-0.39, 0.29) is 6.42 Å². The highest BCUT2D eigenvalue weighted by molar-refractivity contribution is 5.67. The van der Waals surface area contributed by atoms with Crippen LogP contribution >= 0.6 is 0 Å². The van der Waals surface area contributed by atoms with E-state index >= 15 is 0 Å². The zero-order chi connectivity index (χ0) is 12.0. The number of hydrogen-bond acceptors (Lipinski definition) is 4. The predicted molar refractivity (Wildman–Crippen MR) is 61.5 cm³/mol. The molecule has 0 saturated carbocycles. The maximum atomic E-state index is 10.3. The molecule has 0 fully saturated rings. The highest BCUT2D eigenvalue weighted by atomic mass is 16.4. The molecule has 1 atom stereocenters. The fourth-order valence-electron chi connectivity index (χ4n) is 1.25. The minimum atomic E-state index is -0.816. The van der Waals surface area contributed by atoms with Crippen LogP contribution in [0.2, 0.25) is 0 Å². The Morgan fingerprint density at radius 2 is 2.31 bits per heavy atom. The second-order valence-electron chi connectivity index (χ2n) is 3.71. The van der Waals surface area contributed by atoms with E-state index in [1.807, 2.05) is 6.07 Å². The number of rotatable bonds is 6. The molecule has 1 rings (SSSR count). The van der Waals surface area contributed by atoms with Gasteiger partial charge >= 0.3 is 5.97 Å². The van der Waals surface area contributed by atoms with E-state index in [4.69, 9.17) is 5.11 Å². The molecule has 16 heavy (non-hydrogen) atoms. The third-order valence-electron chi connectivity index (χ3n) is 2.45. The molecule has 1 unspecified atom stereocenters. The van der Waals surface area contributed by atoms with Crippen LogP contribution in [0.5, 0.6) is 0 Å². The summed E-state index contributed by atoms with van der Waals surface area (Å²) in [6, 6.07) is 1.87. The Kier molecular flexibility index (Phi) is 4.69. The van der Waals surface area contributed by atoms with E-state index in [9.17, 15) is 4.79 Å². The van der Waals surface area contributed by atoms with Gasteiger partial charge in [0.05, 0.1) is 6.42 Å². The van der Waals surface area contributed by atoms with Gasteiger partial charge in [-0.05, 0) is 12.3 Å². The molecule has 0 saturated heterocycles. The van der Waals surface area contributed by atoms with Gasteiger partial charge in [-0.2, -0.15) is 0 Å². The van der Waals surface area contributed by atoms with Crippen molar-refractivity contribution in [2.45, 2.75) is 32.6 Å². The van der Waals surface area contributed by atoms with Crippen LogP contribution < -0.4 is 5.32 Å². The van der Waals surface area contributed by atoms with Crippen LogP contribution in [0, 0.1) is 0 Å². The maximum Gasteiger partial charge on any atom is 0.305 e. The Bertz CT molecular complexity index is 355. The molecule has 5 nitrogen and oxygen atoms in total. The molecule has 0 aliphatic rings. The van der Waals surface area contributed by atoms with Crippen LogP contribution in [0.3, 0.4) is 0 Å². The van der Waals surface area contributed by atoms with E-state index in [1.165, 1.54) is 6.33 Å². The molecule has 0 aromatic carbocycles. The Morgan fingerprint density at radius 1 is 1.56 bits per heavy atom. The fraction of sp³-hybridized carbons (Fsp3) is 0.545. The van der Waals surface area contributed by atoms with E-state index in [2.05, 4.69) is 29.1 Å². The molecule has 2 N–H and O–H groups in total. The van der Waals surface area contributed by atoms with Crippen LogP contribution in [-0.4, -0.2) is 27.6 Å². The lowest BCUT2D eigenvalue weighted by atomic mass is 10.1. The van der Waals surface area contributed by atoms with Crippen molar-refractivity contribution in [1.82, 2.24) is 9.97 Å². The summed E-state index contributed by atoms with van der Waals surface area (Å²) >= 11 is 0. The van der Waals surface area contributed by atoms with Crippen LogP contribution in [0.4, 0.5) is 5.82 Å². The summed E-state index contributed by atoms with van der Waals surface area (Å²) < 4.78 is 0. The number of hydrogen-bond donors (Lipinski definition) is 2. The van der Waals surface area contributed by atoms with E-state index in [0.717, 1.165) is 12.1 Å². The summed E-state index contributed by atoms with van der Waals surface area (Å²) in [5, 5.41) is 11.5. The summed E-state index contributed by atoms with van der Waals surface area (Å²) in [4.78, 5) is 18.6. The lowest BCUT2D eigenvalue weighted by Crippen LogP contribution is -2.09. The van der Waals surface area contributed by atoms with Crippen molar-refractivity contribution in [3.8, 4) is 0 Å². The molecule has 0 spiro atoms. The zero-order valence-corrected chi connectivity index (χ0v) is 9.60. The summed E-state index contributed by atoms with van der Waals surface area (Å²) in [6.45, 7) is 4.58. The van der Waals surface area contributed by atoms with Gasteiger partial charge in [-0.1, -0.05) is 13.8 Å². The Morgan fingerprint density at radius 3 is 2.94 bits per heavy atom. The number of nitrogens with one attached hydrogen (secondary N) is 1. The smallest absolute Gasteiger partial charge is 0.305 e. The van der Waals surface area contributed by atoms with Crippen LogP contribution in [-0.2, 0) is 4.79 Å². The first-order chi connectivity index (χ1) is 7.63. The third kappa shape index (κ3) is 3.84. The maximum absolute atomic E-state index is 10.3. The van der Waals surface area contributed by atoms with Crippen molar-refractivity contribution in [1.29, 1.82) is 0 Å². The van der Waals surface area contributed by atoms with Crippen LogP contribution in [0.15, 0.2) is 12.4 Å². The normalized spacial score (nSPS) is 12.1. The van der Waals surface area contributed by atoms with Crippen molar-refractivity contribution in [2.75, 3.05) is 11.9 Å². The second kappa shape index (κ2) is 6.05. The average Bonchev–Trinajstić information content (AvgIpc) is 2.28. The molecule has 5 heteroatoms. The van der Waals surface area contributed by atoms with Crippen molar-refractivity contribution >= 4 is 11.8 Å². The second-order valence-corrected chi connectivity index (χ2v) is 3.71. The topological polar surface area (TPSA) is 75.1 Å². The number of carbonyl (C=O) groups is 1. The molecular weight excluding hydrogens is 206 g/mol. The summed E-state index contributed by atoms with van der Waals surface area (Å²) in [5.74, 6) is 0.262. The minimum Gasteiger partial charge on any atom is -0.481 e. The Balaban J connectivity index is 2.57. The van der Waals surface area contributed by atoms with Crippen LogP contribution in [0.25, 0.3) is 0 Å². The number of carboxylic acid groups (broad SMARTS) is 1. The monoisotopic (exact) mass is 223 g/mol. The first-order valence-electron chi connectivity index (χ1n) is 5.41. The van der Waals surface area contributed by atoms with Crippen molar-refractivity contribution in [3.63, 3.8) is 0 Å². The van der Waals surface area contributed by atoms with Gasteiger partial charge in [0.2, 0.25) is 0 Å². The van der Waals surface area contributed by atoms with E-state index < -0.39 is 5.97 Å². The molecule has 0 radical (unpaired) electrons. The largest absolute Gasteiger partial charge is 0.481 e. The first-order valence-corrected chi connectivity index (χ1v) is 5.41. The number of anilines is 1. The van der Waals surface area contributed by atoms with Crippen molar-refractivity contribution in [2.24, 2.45) is 0 Å². The lowest BCUT2D eigenvalue weighted by molar-refractivity contribution is -0.136. The molecule has 1 aromatic heterocycles. The first kappa shape index (κ1) is 12.4. The number of aliphatic carboxylic acids is 1. The standard InChI is InChI=1S/C11H17N3O2/c1-3-8(2)9-6-10(14-7-13-9)12-5-4-11(15)16/h6-8H,3-5H2,1-2H3,(H,15,16)(H,12,13,14). The van der Waals surface area contributed by atoms with E-state index in [1.54, 1.807) is 0 Å². The van der Waals surface area contributed by atoms with Gasteiger partial charge in [-0.15, -0.1) is 0 Å². The molecule has 0 amide bonds. The molecule has 0 aliphatic carbocycles. The van der Waals surface area contributed by atoms with Crippen molar-refractivity contribution < 1.29 is 9.90 Å². The summed E-state index contributed by atoms with van der Waals surface area (Å²) in [5.41, 5.74) is 0.982. The van der Waals surface area contributed by atoms with Gasteiger partial charge in [-0.25, -0.2) is 9.97 Å². The van der Waals surface area contributed by atoms with Gasteiger partial charge in [0.15, 0.2) is 0 Å². The van der Waals surface area contributed by atoms with Crippen molar-refractivity contribution in [3.05, 3.63) is 18.1 Å². The molecule has 1 heterocycles. The predicted octanol–water partition coefficient (Wildman–Crippen LogP) is 1.88. The quantitative estimate of drug-likeness (QED) is 0.770. The van der Waals surface area contributed by atoms with Gasteiger partial charge in [0.1, 0.15) is 12.1 Å². The van der Waals surface area contributed by atoms with Crippen LogP contribution in [0.1, 0.15) is 38.3 Å². The highest BCUT2D eigenvalue weighted by Crippen LogP contribution is 2.17. The number of aromatic nitrogens is 2. The lowest BCUT2D eigenvalue weighted by Gasteiger charge is -2.09. The van der Waals surface area contributed by atoms with E-state index in [0.29, 0.717) is 18.3 Å². The number of carboxylic acids is 1.